The molecule has 0 saturated carbocycles. The van der Waals surface area contributed by atoms with Crippen molar-refractivity contribution < 1.29 is 5.21 Å². The molecule has 4 rings (SSSR count). The Balaban J connectivity index is 1.99. The van der Waals surface area contributed by atoms with Crippen molar-refractivity contribution in [2.75, 3.05) is 0 Å². The van der Waals surface area contributed by atoms with Gasteiger partial charge in [0.2, 0.25) is 0 Å². The Bertz CT molecular complexity index is 1310. The van der Waals surface area contributed by atoms with Crippen LogP contribution < -0.4 is 5.49 Å². The normalized spacial score (nSPS) is 11.8. The summed E-state index contributed by atoms with van der Waals surface area (Å²) in [6.07, 6.45) is 1.58. The molecule has 0 saturated heterocycles. The van der Waals surface area contributed by atoms with Crippen LogP contribution in [0.5, 0.6) is 0 Å². The number of benzene rings is 2. The highest BCUT2D eigenvalue weighted by Crippen LogP contribution is 2.35. The molecule has 0 amide bonds. The topological polar surface area (TPSA) is 55.3 Å². The second-order valence-electron chi connectivity index (χ2n) is 6.83. The Morgan fingerprint density at radius 1 is 0.900 bits per heavy atom. The number of rotatable bonds is 3. The molecule has 0 radical (unpaired) electrons. The maximum absolute atomic E-state index is 10.2. The Kier molecular flexibility index (Phi) is 5.60. The zero-order valence-corrected chi connectivity index (χ0v) is 18.4. The van der Waals surface area contributed by atoms with E-state index in [2.05, 4.69) is 4.99 Å². The minimum atomic E-state index is 0.359. The van der Waals surface area contributed by atoms with Gasteiger partial charge < -0.3 is 5.21 Å². The minimum Gasteiger partial charge on any atom is -0.427 e. The number of hydrogen-bond donors (Lipinski definition) is 1. The van der Waals surface area contributed by atoms with Crippen LogP contribution in [0.1, 0.15) is 11.1 Å². The number of aromatic nitrogens is 3. The largest absolute Gasteiger partial charge is 0.427 e. The van der Waals surface area contributed by atoms with E-state index in [0.717, 1.165) is 27.1 Å². The van der Waals surface area contributed by atoms with E-state index in [1.165, 1.54) is 0 Å². The van der Waals surface area contributed by atoms with E-state index in [4.69, 9.17) is 39.9 Å². The van der Waals surface area contributed by atoms with Crippen LogP contribution >= 0.6 is 34.8 Å². The Hall–Kier alpha value is -2.73. The van der Waals surface area contributed by atoms with E-state index in [9.17, 15) is 5.21 Å². The molecular weight excluding hydrogens is 443 g/mol. The van der Waals surface area contributed by atoms with Crippen molar-refractivity contribution in [3.05, 3.63) is 92.5 Å². The van der Waals surface area contributed by atoms with Gasteiger partial charge in [0.15, 0.2) is 11.3 Å². The van der Waals surface area contributed by atoms with E-state index in [1.54, 1.807) is 35.1 Å². The highest BCUT2D eigenvalue weighted by molar-refractivity contribution is 6.35. The SMILES string of the molecule is Cc1ccc(=Nc2nn(-c3ccc(Cl)cc3Cl)c(-c3ccc(Cl)cc3)c2C)n(O)c1. The molecule has 0 fully saturated rings. The van der Waals surface area contributed by atoms with Gasteiger partial charge in [-0.15, -0.1) is 5.10 Å². The molecule has 2 aromatic heterocycles. The first-order chi connectivity index (χ1) is 14.3. The van der Waals surface area contributed by atoms with Gasteiger partial charge in [-0.1, -0.05) is 53.0 Å². The molecule has 152 valence electrons. The molecule has 5 nitrogen and oxygen atoms in total. The third-order valence-corrected chi connectivity index (χ3v) is 5.42. The summed E-state index contributed by atoms with van der Waals surface area (Å²) in [6, 6.07) is 16.3. The predicted octanol–water partition coefficient (Wildman–Crippen LogP) is 6.39. The fraction of sp³-hybridized carbons (Fsp3) is 0.0909. The lowest BCUT2D eigenvalue weighted by Crippen LogP contribution is -2.17. The van der Waals surface area contributed by atoms with Crippen molar-refractivity contribution in [3.63, 3.8) is 0 Å². The summed E-state index contributed by atoms with van der Waals surface area (Å²) in [5, 5.41) is 16.5. The summed E-state index contributed by atoms with van der Waals surface area (Å²) in [6.45, 7) is 3.81. The third-order valence-electron chi connectivity index (χ3n) is 4.63. The molecule has 30 heavy (non-hydrogen) atoms. The van der Waals surface area contributed by atoms with Crippen molar-refractivity contribution in [1.29, 1.82) is 0 Å². The number of hydrogen-bond acceptors (Lipinski definition) is 3. The van der Waals surface area contributed by atoms with Crippen LogP contribution in [0.2, 0.25) is 15.1 Å². The van der Waals surface area contributed by atoms with Gasteiger partial charge in [-0.3, -0.25) is 0 Å². The Morgan fingerprint density at radius 2 is 1.60 bits per heavy atom. The molecule has 8 heteroatoms. The van der Waals surface area contributed by atoms with Gasteiger partial charge in [-0.2, -0.15) is 4.73 Å². The quantitative estimate of drug-likeness (QED) is 0.361. The second-order valence-corrected chi connectivity index (χ2v) is 8.11. The van der Waals surface area contributed by atoms with Crippen LogP contribution in [0.3, 0.4) is 0 Å². The van der Waals surface area contributed by atoms with Crippen molar-refractivity contribution in [2.45, 2.75) is 13.8 Å². The maximum atomic E-state index is 10.2. The van der Waals surface area contributed by atoms with Crippen molar-refractivity contribution in [1.82, 2.24) is 14.5 Å². The molecule has 0 aliphatic rings. The zero-order chi connectivity index (χ0) is 21.4. The van der Waals surface area contributed by atoms with Crippen molar-refractivity contribution in [3.8, 4) is 16.9 Å². The molecule has 2 aromatic carbocycles. The van der Waals surface area contributed by atoms with E-state index in [1.807, 2.05) is 44.2 Å². The Labute approximate surface area is 188 Å². The smallest absolute Gasteiger partial charge is 0.180 e. The lowest BCUT2D eigenvalue weighted by atomic mass is 10.1. The summed E-state index contributed by atoms with van der Waals surface area (Å²) in [5.74, 6) is 0.456. The monoisotopic (exact) mass is 458 g/mol. The Morgan fingerprint density at radius 3 is 2.27 bits per heavy atom. The lowest BCUT2D eigenvalue weighted by molar-refractivity contribution is 0.171. The van der Waals surface area contributed by atoms with Crippen molar-refractivity contribution in [2.24, 2.45) is 4.99 Å². The number of nitrogens with zero attached hydrogens (tertiary/aromatic N) is 4. The standard InChI is InChI=1S/C22H17Cl3N4O/c1-13-3-10-20(28(30)12-13)26-22-14(2)21(15-4-6-16(23)7-5-15)29(27-22)19-9-8-17(24)11-18(19)25/h3-12,30H,1-2H3. The first-order valence-corrected chi connectivity index (χ1v) is 10.2. The molecular formula is C22H17Cl3N4O. The molecule has 2 heterocycles. The van der Waals surface area contributed by atoms with E-state index < -0.39 is 0 Å². The van der Waals surface area contributed by atoms with Gasteiger partial charge >= 0.3 is 0 Å². The summed E-state index contributed by atoms with van der Waals surface area (Å²) in [4.78, 5) is 4.56. The van der Waals surface area contributed by atoms with Crippen LogP contribution in [-0.2, 0) is 0 Å². The van der Waals surface area contributed by atoms with Crippen LogP contribution in [0, 0.1) is 13.8 Å². The highest BCUT2D eigenvalue weighted by atomic mass is 35.5. The van der Waals surface area contributed by atoms with Gasteiger partial charge in [0.05, 0.1) is 16.4 Å². The van der Waals surface area contributed by atoms with E-state index >= 15 is 0 Å². The van der Waals surface area contributed by atoms with Crippen LogP contribution in [0.15, 0.2) is 65.8 Å². The second kappa shape index (κ2) is 8.19. The molecule has 0 aliphatic heterocycles. The summed E-state index contributed by atoms with van der Waals surface area (Å²) >= 11 is 18.6. The van der Waals surface area contributed by atoms with Crippen molar-refractivity contribution >= 4 is 40.6 Å². The molecule has 0 aliphatic carbocycles. The number of halogens is 3. The molecule has 0 spiro atoms. The van der Waals surface area contributed by atoms with Gasteiger partial charge in [0, 0.05) is 27.4 Å². The fourth-order valence-electron chi connectivity index (χ4n) is 3.15. The average molecular weight is 460 g/mol. The molecule has 1 N–H and O–H groups in total. The molecule has 0 unspecified atom stereocenters. The number of aryl methyl sites for hydroxylation is 1. The molecule has 0 bridgehead atoms. The van der Waals surface area contributed by atoms with Gasteiger partial charge in [-0.05, 0) is 55.8 Å². The number of pyridine rings is 1. The zero-order valence-electron chi connectivity index (χ0n) is 16.1. The van der Waals surface area contributed by atoms with Gasteiger partial charge in [0.25, 0.3) is 0 Å². The predicted molar refractivity (Wildman–Crippen MR) is 120 cm³/mol. The highest BCUT2D eigenvalue weighted by Gasteiger charge is 2.19. The van der Waals surface area contributed by atoms with Gasteiger partial charge in [-0.25, -0.2) is 9.67 Å². The van der Waals surface area contributed by atoms with Gasteiger partial charge in [0.1, 0.15) is 0 Å². The lowest BCUT2D eigenvalue weighted by Gasteiger charge is -2.10. The van der Waals surface area contributed by atoms with Crippen LogP contribution in [0.25, 0.3) is 16.9 Å². The summed E-state index contributed by atoms with van der Waals surface area (Å²) < 4.78 is 2.71. The third kappa shape index (κ3) is 3.97. The first kappa shape index (κ1) is 20.5. The maximum Gasteiger partial charge on any atom is 0.180 e. The minimum absolute atomic E-state index is 0.359. The van der Waals surface area contributed by atoms with E-state index in [-0.39, 0.29) is 0 Å². The summed E-state index contributed by atoms with van der Waals surface area (Å²) in [5.41, 5.74) is 4.47. The molecule has 0 atom stereocenters. The van der Waals surface area contributed by atoms with Crippen LogP contribution in [0.4, 0.5) is 5.82 Å². The fourth-order valence-corrected chi connectivity index (χ4v) is 3.76. The molecule has 4 aromatic rings. The first-order valence-electron chi connectivity index (χ1n) is 9.08. The van der Waals surface area contributed by atoms with Crippen LogP contribution in [-0.4, -0.2) is 19.7 Å². The van der Waals surface area contributed by atoms with E-state index in [0.29, 0.717) is 32.1 Å². The summed E-state index contributed by atoms with van der Waals surface area (Å²) in [7, 11) is 0. The average Bonchev–Trinajstić information content (AvgIpc) is 3.01.